The van der Waals surface area contributed by atoms with E-state index in [4.69, 9.17) is 17.3 Å². The summed E-state index contributed by atoms with van der Waals surface area (Å²) in [4.78, 5) is 4.04. The fourth-order valence-electron chi connectivity index (χ4n) is 2.17. The van der Waals surface area contributed by atoms with Crippen molar-refractivity contribution in [2.45, 2.75) is 19.9 Å². The van der Waals surface area contributed by atoms with E-state index in [1.165, 1.54) is 12.3 Å². The molecule has 2 aromatic rings. The van der Waals surface area contributed by atoms with Crippen molar-refractivity contribution in [2.75, 3.05) is 12.3 Å². The molecule has 5 heteroatoms. The van der Waals surface area contributed by atoms with Crippen LogP contribution in [0.1, 0.15) is 29.7 Å². The molecule has 0 fully saturated rings. The average molecular weight is 294 g/mol. The van der Waals surface area contributed by atoms with Gasteiger partial charge in [0.05, 0.1) is 11.1 Å². The summed E-state index contributed by atoms with van der Waals surface area (Å²) >= 11 is 5.98. The zero-order valence-corrected chi connectivity index (χ0v) is 12.2. The minimum absolute atomic E-state index is 0.277. The second kappa shape index (κ2) is 6.20. The second-order valence-electron chi connectivity index (χ2n) is 4.64. The van der Waals surface area contributed by atoms with Crippen molar-refractivity contribution < 1.29 is 4.39 Å². The molecule has 0 radical (unpaired) electrons. The predicted octanol–water partition coefficient (Wildman–Crippen LogP) is 3.46. The Labute approximate surface area is 123 Å². The van der Waals surface area contributed by atoms with Gasteiger partial charge in [-0.1, -0.05) is 36.2 Å². The van der Waals surface area contributed by atoms with Crippen molar-refractivity contribution in [1.82, 2.24) is 10.3 Å². The number of aromatic nitrogens is 1. The highest BCUT2D eigenvalue weighted by Gasteiger charge is 2.20. The number of nitrogens with two attached hydrogens (primary N) is 1. The van der Waals surface area contributed by atoms with Gasteiger partial charge >= 0.3 is 0 Å². The highest BCUT2D eigenvalue weighted by Crippen LogP contribution is 2.29. The zero-order valence-electron chi connectivity index (χ0n) is 11.5. The van der Waals surface area contributed by atoms with E-state index in [0.29, 0.717) is 28.5 Å². The SMILES string of the molecule is CCNC(c1cc(C)ccc1F)c1cc(Cl)cnc1N. The van der Waals surface area contributed by atoms with Gasteiger partial charge in [0.15, 0.2) is 0 Å². The van der Waals surface area contributed by atoms with Crippen LogP contribution in [0.3, 0.4) is 0 Å². The molecule has 3 N–H and O–H groups in total. The second-order valence-corrected chi connectivity index (χ2v) is 5.08. The number of nitrogens with zero attached hydrogens (tertiary/aromatic N) is 1. The van der Waals surface area contributed by atoms with Crippen molar-refractivity contribution in [2.24, 2.45) is 0 Å². The van der Waals surface area contributed by atoms with Gasteiger partial charge in [0, 0.05) is 17.3 Å². The molecule has 1 aromatic heterocycles. The maximum atomic E-state index is 14.1. The summed E-state index contributed by atoms with van der Waals surface area (Å²) in [5, 5.41) is 3.71. The highest BCUT2D eigenvalue weighted by atomic mass is 35.5. The fourth-order valence-corrected chi connectivity index (χ4v) is 2.34. The molecule has 0 saturated heterocycles. The van der Waals surface area contributed by atoms with Gasteiger partial charge in [-0.2, -0.15) is 0 Å². The highest BCUT2D eigenvalue weighted by molar-refractivity contribution is 6.30. The molecule has 20 heavy (non-hydrogen) atoms. The Balaban J connectivity index is 2.55. The van der Waals surface area contributed by atoms with Gasteiger partial charge in [-0.05, 0) is 25.6 Å². The number of halogens is 2. The topological polar surface area (TPSA) is 50.9 Å². The molecule has 0 saturated carbocycles. The van der Waals surface area contributed by atoms with Crippen LogP contribution < -0.4 is 11.1 Å². The number of nitrogens with one attached hydrogen (secondary N) is 1. The fraction of sp³-hybridized carbons (Fsp3) is 0.267. The monoisotopic (exact) mass is 293 g/mol. The first-order valence-electron chi connectivity index (χ1n) is 6.43. The number of pyridine rings is 1. The van der Waals surface area contributed by atoms with E-state index >= 15 is 0 Å². The first-order chi connectivity index (χ1) is 9.52. The van der Waals surface area contributed by atoms with Gasteiger partial charge in [-0.15, -0.1) is 0 Å². The number of benzene rings is 1. The van der Waals surface area contributed by atoms with E-state index in [1.807, 2.05) is 19.9 Å². The largest absolute Gasteiger partial charge is 0.383 e. The van der Waals surface area contributed by atoms with Crippen molar-refractivity contribution in [3.63, 3.8) is 0 Å². The summed E-state index contributed by atoms with van der Waals surface area (Å²) in [6, 6.07) is 6.36. The quantitative estimate of drug-likeness (QED) is 0.907. The Hall–Kier alpha value is -1.65. The Bertz CT molecular complexity index is 565. The third-order valence-electron chi connectivity index (χ3n) is 3.10. The summed E-state index contributed by atoms with van der Waals surface area (Å²) in [6.07, 6.45) is 1.48. The summed E-state index contributed by atoms with van der Waals surface area (Å²) in [5.74, 6) is 0.0715. The van der Waals surface area contributed by atoms with E-state index in [1.54, 1.807) is 12.1 Å². The van der Waals surface area contributed by atoms with Gasteiger partial charge in [0.2, 0.25) is 0 Å². The molecule has 1 unspecified atom stereocenters. The number of rotatable bonds is 4. The van der Waals surface area contributed by atoms with E-state index in [-0.39, 0.29) is 11.9 Å². The third kappa shape index (κ3) is 3.08. The molecule has 0 aliphatic heterocycles. The van der Waals surface area contributed by atoms with Crippen LogP contribution in [0.4, 0.5) is 10.2 Å². The maximum absolute atomic E-state index is 14.1. The third-order valence-corrected chi connectivity index (χ3v) is 3.30. The molecule has 0 spiro atoms. The van der Waals surface area contributed by atoms with Crippen molar-refractivity contribution in [3.8, 4) is 0 Å². The lowest BCUT2D eigenvalue weighted by atomic mass is 9.97. The lowest BCUT2D eigenvalue weighted by Crippen LogP contribution is -2.24. The molecule has 0 amide bonds. The summed E-state index contributed by atoms with van der Waals surface area (Å²) in [5.41, 5.74) is 8.13. The van der Waals surface area contributed by atoms with Gasteiger partial charge in [0.1, 0.15) is 11.6 Å². The molecule has 0 bridgehead atoms. The standard InChI is InChI=1S/C15H17ClFN3/c1-3-19-14(11-6-9(2)4-5-13(11)17)12-7-10(16)8-20-15(12)18/h4-8,14,19H,3H2,1-2H3,(H2,18,20). The molecular weight excluding hydrogens is 277 g/mol. The molecule has 1 aromatic carbocycles. The lowest BCUT2D eigenvalue weighted by Gasteiger charge is -2.21. The predicted molar refractivity (Wildman–Crippen MR) is 80.3 cm³/mol. The van der Waals surface area contributed by atoms with Crippen molar-refractivity contribution >= 4 is 17.4 Å². The zero-order chi connectivity index (χ0) is 14.7. The number of aryl methyl sites for hydroxylation is 1. The minimum atomic E-state index is -0.369. The van der Waals surface area contributed by atoms with Gasteiger partial charge in [-0.25, -0.2) is 9.37 Å². The molecule has 3 nitrogen and oxygen atoms in total. The molecule has 0 aliphatic rings. The van der Waals surface area contributed by atoms with Crippen LogP contribution in [0.25, 0.3) is 0 Å². The van der Waals surface area contributed by atoms with Crippen LogP contribution in [-0.2, 0) is 0 Å². The Kier molecular flexibility index (Phi) is 4.57. The molecule has 0 aliphatic carbocycles. The molecular formula is C15H17ClFN3. The molecule has 1 heterocycles. The molecule has 2 rings (SSSR count). The summed E-state index contributed by atoms with van der Waals surface area (Å²) in [7, 11) is 0. The summed E-state index contributed by atoms with van der Waals surface area (Å²) in [6.45, 7) is 4.55. The maximum Gasteiger partial charge on any atom is 0.128 e. The van der Waals surface area contributed by atoms with Crippen molar-refractivity contribution in [3.05, 3.63) is 58.0 Å². The first-order valence-corrected chi connectivity index (χ1v) is 6.81. The van der Waals surface area contributed by atoms with Gasteiger partial charge in [0.25, 0.3) is 0 Å². The van der Waals surface area contributed by atoms with E-state index in [9.17, 15) is 4.39 Å². The molecule has 1 atom stereocenters. The van der Waals surface area contributed by atoms with E-state index in [2.05, 4.69) is 10.3 Å². The van der Waals surface area contributed by atoms with Crippen LogP contribution in [-0.4, -0.2) is 11.5 Å². The van der Waals surface area contributed by atoms with Crippen LogP contribution in [0.2, 0.25) is 5.02 Å². The minimum Gasteiger partial charge on any atom is -0.383 e. The van der Waals surface area contributed by atoms with Gasteiger partial charge in [-0.3, -0.25) is 0 Å². The normalized spacial score (nSPS) is 12.4. The van der Waals surface area contributed by atoms with Crippen LogP contribution >= 0.6 is 11.6 Å². The smallest absolute Gasteiger partial charge is 0.128 e. The first kappa shape index (κ1) is 14.8. The average Bonchev–Trinajstić information content (AvgIpc) is 2.42. The number of hydrogen-bond acceptors (Lipinski definition) is 3. The van der Waals surface area contributed by atoms with Crippen LogP contribution in [0, 0.1) is 12.7 Å². The Morgan fingerprint density at radius 3 is 2.80 bits per heavy atom. The number of nitrogen functional groups attached to an aromatic ring is 1. The summed E-state index contributed by atoms with van der Waals surface area (Å²) < 4.78 is 14.1. The van der Waals surface area contributed by atoms with E-state index < -0.39 is 0 Å². The Morgan fingerprint density at radius 2 is 2.10 bits per heavy atom. The number of hydrogen-bond donors (Lipinski definition) is 2. The lowest BCUT2D eigenvalue weighted by molar-refractivity contribution is 0.558. The van der Waals surface area contributed by atoms with E-state index in [0.717, 1.165) is 5.56 Å². The Morgan fingerprint density at radius 1 is 1.35 bits per heavy atom. The van der Waals surface area contributed by atoms with Gasteiger partial charge < -0.3 is 11.1 Å². The molecule has 106 valence electrons. The van der Waals surface area contributed by atoms with Crippen molar-refractivity contribution in [1.29, 1.82) is 0 Å². The number of anilines is 1. The van der Waals surface area contributed by atoms with Crippen LogP contribution in [0.15, 0.2) is 30.5 Å². The van der Waals surface area contributed by atoms with Crippen LogP contribution in [0.5, 0.6) is 0 Å².